The van der Waals surface area contributed by atoms with Gasteiger partial charge in [0.2, 0.25) is 0 Å². The Balaban J connectivity index is 1.72. The molecule has 1 aliphatic rings. The highest BCUT2D eigenvalue weighted by molar-refractivity contribution is 5.86. The lowest BCUT2D eigenvalue weighted by Gasteiger charge is -2.31. The van der Waals surface area contributed by atoms with Crippen LogP contribution in [0.15, 0.2) is 84.9 Å². The highest BCUT2D eigenvalue weighted by Gasteiger charge is 2.62. The molecule has 6 heteroatoms. The van der Waals surface area contributed by atoms with Gasteiger partial charge in [0.25, 0.3) is 0 Å². The molecule has 0 N–H and O–H groups in total. The summed E-state index contributed by atoms with van der Waals surface area (Å²) in [7, 11) is 1.56. The van der Waals surface area contributed by atoms with Gasteiger partial charge >= 0.3 is 12.0 Å². The van der Waals surface area contributed by atoms with Crippen LogP contribution in [0.2, 0.25) is 0 Å². The third-order valence-corrected chi connectivity index (χ3v) is 6.08. The number of quaternary nitrogens is 1. The van der Waals surface area contributed by atoms with E-state index in [1.54, 1.807) is 20.1 Å². The van der Waals surface area contributed by atoms with E-state index in [0.717, 1.165) is 11.1 Å². The van der Waals surface area contributed by atoms with Gasteiger partial charge in [-0.1, -0.05) is 78.9 Å². The fourth-order valence-corrected chi connectivity index (χ4v) is 4.28. The number of benzene rings is 3. The van der Waals surface area contributed by atoms with E-state index in [2.05, 4.69) is 0 Å². The fourth-order valence-electron chi connectivity index (χ4n) is 4.28. The molecule has 0 bridgehead atoms. The van der Waals surface area contributed by atoms with Gasteiger partial charge in [0.1, 0.15) is 18.3 Å². The van der Waals surface area contributed by atoms with Crippen LogP contribution in [-0.2, 0) is 27.4 Å². The Hall–Kier alpha value is -3.48. The molecule has 6 nitrogen and oxygen atoms in total. The highest BCUT2D eigenvalue weighted by Crippen LogP contribution is 2.36. The Morgan fingerprint density at radius 3 is 2.24 bits per heavy atom. The van der Waals surface area contributed by atoms with E-state index in [1.165, 1.54) is 0 Å². The Morgan fingerprint density at radius 1 is 0.970 bits per heavy atom. The molecule has 1 saturated heterocycles. The van der Waals surface area contributed by atoms with E-state index < -0.39 is 22.7 Å². The Bertz CT molecular complexity index is 1100. The molecule has 1 heterocycles. The van der Waals surface area contributed by atoms with Crippen molar-refractivity contribution >= 4 is 12.0 Å². The van der Waals surface area contributed by atoms with Crippen molar-refractivity contribution in [2.24, 2.45) is 0 Å². The zero-order chi connectivity index (χ0) is 23.3. The number of carbonyl (C=O) groups is 2. The maximum absolute atomic E-state index is 14.1. The number of methoxy groups -OCH3 is 1. The topological polar surface area (TPSA) is 61.8 Å². The van der Waals surface area contributed by atoms with E-state index in [1.807, 2.05) is 78.9 Å². The standard InChI is InChI=1S/C27H28NO5/c1-20(24-15-9-10-16-25(24)31-2)26(29)28(33-18-22-13-7-4-8-14-22)23(19-32-27(28)30)17-21-11-5-3-6-12-21/h3-16,20,23H,17-19H2,1-2H3/q+1/t20-,23+,28?/m1/s1. The first-order chi connectivity index (χ1) is 16.1. The second-order valence-corrected chi connectivity index (χ2v) is 8.14. The van der Waals surface area contributed by atoms with Crippen molar-refractivity contribution in [1.82, 2.24) is 0 Å². The molecule has 3 aromatic carbocycles. The van der Waals surface area contributed by atoms with Gasteiger partial charge in [-0.2, -0.15) is 9.63 Å². The van der Waals surface area contributed by atoms with Crippen LogP contribution in [0, 0.1) is 0 Å². The minimum absolute atomic E-state index is 0.103. The van der Waals surface area contributed by atoms with Crippen LogP contribution in [0.5, 0.6) is 5.75 Å². The van der Waals surface area contributed by atoms with Gasteiger partial charge in [0, 0.05) is 12.0 Å². The Labute approximate surface area is 193 Å². The van der Waals surface area contributed by atoms with Crippen LogP contribution in [0.3, 0.4) is 0 Å². The normalized spacial score (nSPS) is 20.8. The zero-order valence-electron chi connectivity index (χ0n) is 18.8. The quantitative estimate of drug-likeness (QED) is 0.454. The molecule has 0 aromatic heterocycles. The van der Waals surface area contributed by atoms with Crippen LogP contribution >= 0.6 is 0 Å². The van der Waals surface area contributed by atoms with Crippen molar-refractivity contribution in [1.29, 1.82) is 0 Å². The van der Waals surface area contributed by atoms with Crippen molar-refractivity contribution in [3.8, 4) is 5.75 Å². The second-order valence-electron chi connectivity index (χ2n) is 8.14. The predicted octanol–water partition coefficient (Wildman–Crippen LogP) is 5.04. The first-order valence-corrected chi connectivity index (χ1v) is 11.0. The molecule has 33 heavy (non-hydrogen) atoms. The van der Waals surface area contributed by atoms with Crippen LogP contribution in [-0.4, -0.2) is 36.4 Å². The molecule has 2 amide bonds. The van der Waals surface area contributed by atoms with Gasteiger partial charge in [-0.3, -0.25) is 0 Å². The second kappa shape index (κ2) is 9.98. The molecule has 1 fully saturated rings. The van der Waals surface area contributed by atoms with Crippen molar-refractivity contribution in [3.63, 3.8) is 0 Å². The molecule has 3 atom stereocenters. The van der Waals surface area contributed by atoms with Crippen molar-refractivity contribution in [3.05, 3.63) is 102 Å². The summed E-state index contributed by atoms with van der Waals surface area (Å²) in [6, 6.07) is 26.1. The van der Waals surface area contributed by atoms with Crippen molar-refractivity contribution in [2.45, 2.75) is 31.9 Å². The number of ether oxygens (including phenoxy) is 2. The van der Waals surface area contributed by atoms with E-state index in [4.69, 9.17) is 14.3 Å². The molecule has 4 rings (SSSR count). The summed E-state index contributed by atoms with van der Waals surface area (Å²) in [5, 5.41) is 0. The number of hydrogen-bond donors (Lipinski definition) is 0. The van der Waals surface area contributed by atoms with Gasteiger partial charge in [-0.25, -0.2) is 4.79 Å². The summed E-state index contributed by atoms with van der Waals surface area (Å²) in [5.74, 6) is -0.438. The average Bonchev–Trinajstić information content (AvgIpc) is 3.18. The van der Waals surface area contributed by atoms with Gasteiger partial charge in [-0.05, 0) is 28.8 Å². The van der Waals surface area contributed by atoms with Crippen LogP contribution in [0.4, 0.5) is 4.79 Å². The smallest absolute Gasteiger partial charge is 0.496 e. The SMILES string of the molecule is COc1ccccc1[C@@H](C)C(=O)[N+]1(OCc2ccccc2)C(=O)OC[C@@H]1Cc1ccccc1. The minimum atomic E-state index is -0.816. The number of nitrogens with zero attached hydrogens (tertiary/aromatic N) is 1. The van der Waals surface area contributed by atoms with Crippen LogP contribution in [0.1, 0.15) is 29.5 Å². The average molecular weight is 447 g/mol. The van der Waals surface area contributed by atoms with E-state index >= 15 is 0 Å². The molecule has 1 aliphatic heterocycles. The number of cyclic esters (lactones) is 1. The highest BCUT2D eigenvalue weighted by atomic mass is 16.8. The maximum atomic E-state index is 14.1. The monoisotopic (exact) mass is 446 g/mol. The summed E-state index contributed by atoms with van der Waals surface area (Å²) in [6.45, 7) is 1.98. The van der Waals surface area contributed by atoms with Gasteiger partial charge in [-0.15, -0.1) is 0 Å². The summed E-state index contributed by atoms with van der Waals surface area (Å²) in [6.07, 6.45) is -0.218. The summed E-state index contributed by atoms with van der Waals surface area (Å²) in [5.41, 5.74) is 2.57. The summed E-state index contributed by atoms with van der Waals surface area (Å²) in [4.78, 5) is 33.5. The summed E-state index contributed by atoms with van der Waals surface area (Å²) < 4.78 is 10.1. The molecule has 0 spiro atoms. The maximum Gasteiger partial charge on any atom is 0.558 e. The van der Waals surface area contributed by atoms with Gasteiger partial charge < -0.3 is 9.47 Å². The van der Waals surface area contributed by atoms with E-state index in [9.17, 15) is 9.59 Å². The van der Waals surface area contributed by atoms with Gasteiger partial charge in [0.15, 0.2) is 12.6 Å². The molecule has 0 aliphatic carbocycles. The van der Waals surface area contributed by atoms with E-state index in [0.29, 0.717) is 17.7 Å². The molecule has 170 valence electrons. The molecular weight excluding hydrogens is 418 g/mol. The van der Waals surface area contributed by atoms with E-state index in [-0.39, 0.29) is 19.1 Å². The number of imide groups is 1. The molecule has 0 saturated carbocycles. The molecule has 3 aromatic rings. The lowest BCUT2D eigenvalue weighted by molar-refractivity contribution is -0.996. The molecular formula is C27H28NO5+. The first-order valence-electron chi connectivity index (χ1n) is 11.0. The number of rotatable bonds is 8. The van der Waals surface area contributed by atoms with Crippen LogP contribution < -0.4 is 4.74 Å². The van der Waals surface area contributed by atoms with Crippen molar-refractivity contribution in [2.75, 3.05) is 13.7 Å². The minimum Gasteiger partial charge on any atom is -0.496 e. The fraction of sp³-hybridized carbons (Fsp3) is 0.259. The Kier molecular flexibility index (Phi) is 6.87. The van der Waals surface area contributed by atoms with Crippen molar-refractivity contribution < 1.29 is 28.5 Å². The third kappa shape index (κ3) is 4.53. The molecule has 0 radical (unpaired) electrons. The number of para-hydroxylation sites is 1. The van der Waals surface area contributed by atoms with Gasteiger partial charge in [0.05, 0.1) is 7.11 Å². The molecule has 1 unspecified atom stereocenters. The number of hydrogen-bond acceptors (Lipinski definition) is 5. The number of hydroxylamine groups is 3. The predicted molar refractivity (Wildman–Crippen MR) is 123 cm³/mol. The summed E-state index contributed by atoms with van der Waals surface area (Å²) >= 11 is 0. The lowest BCUT2D eigenvalue weighted by Crippen LogP contribution is -2.60. The zero-order valence-corrected chi connectivity index (χ0v) is 18.8. The third-order valence-electron chi connectivity index (χ3n) is 6.08. The largest absolute Gasteiger partial charge is 0.558 e. The lowest BCUT2D eigenvalue weighted by atomic mass is 9.96. The Morgan fingerprint density at radius 2 is 1.58 bits per heavy atom. The first kappa shape index (κ1) is 22.7. The number of amides is 2. The van der Waals surface area contributed by atoms with Crippen LogP contribution in [0.25, 0.3) is 0 Å². The number of carbonyl (C=O) groups excluding carboxylic acids is 2.